The summed E-state index contributed by atoms with van der Waals surface area (Å²) in [7, 11) is 0. The van der Waals surface area contributed by atoms with Gasteiger partial charge in [0, 0.05) is 5.56 Å². The van der Waals surface area contributed by atoms with Crippen molar-refractivity contribution in [3.05, 3.63) is 66.0 Å². The summed E-state index contributed by atoms with van der Waals surface area (Å²) >= 11 is 0. The Hall–Kier alpha value is -2.66. The molecule has 0 spiro atoms. The van der Waals surface area contributed by atoms with E-state index in [0.29, 0.717) is 12.2 Å². The zero-order valence-electron chi connectivity index (χ0n) is 10.7. The second-order valence-electron chi connectivity index (χ2n) is 4.34. The maximum Gasteiger partial charge on any atom is 0.274 e. The molecule has 2 N–H and O–H groups in total. The molecule has 3 rings (SSSR count). The first-order chi connectivity index (χ1) is 9.83. The fourth-order valence-corrected chi connectivity index (χ4v) is 1.89. The van der Waals surface area contributed by atoms with Gasteiger partial charge in [-0.05, 0) is 23.8 Å². The Kier molecular flexibility index (Phi) is 3.43. The van der Waals surface area contributed by atoms with Crippen LogP contribution in [0, 0.1) is 0 Å². The first-order valence-corrected chi connectivity index (χ1v) is 6.22. The van der Waals surface area contributed by atoms with Gasteiger partial charge < -0.3 is 4.98 Å². The van der Waals surface area contributed by atoms with Crippen LogP contribution in [0.2, 0.25) is 0 Å². The third-order valence-corrected chi connectivity index (χ3v) is 2.93. The molecule has 0 bridgehead atoms. The third-order valence-electron chi connectivity index (χ3n) is 2.93. The highest BCUT2D eigenvalue weighted by atomic mass is 16.6. The molecular weight excluding hydrogens is 254 g/mol. The van der Waals surface area contributed by atoms with Gasteiger partial charge in [-0.1, -0.05) is 30.3 Å². The van der Waals surface area contributed by atoms with Crippen LogP contribution >= 0.6 is 0 Å². The second-order valence-corrected chi connectivity index (χ2v) is 4.34. The zero-order valence-corrected chi connectivity index (χ0v) is 10.7. The molecule has 1 heterocycles. The van der Waals surface area contributed by atoms with Gasteiger partial charge in [-0.3, -0.25) is 9.63 Å². The molecule has 20 heavy (non-hydrogen) atoms. The van der Waals surface area contributed by atoms with Crippen molar-refractivity contribution in [1.82, 2.24) is 15.4 Å². The van der Waals surface area contributed by atoms with E-state index in [0.717, 1.165) is 16.6 Å². The van der Waals surface area contributed by atoms with E-state index < -0.39 is 0 Å². The number of nitrogens with zero attached hydrogens (tertiary/aromatic N) is 1. The van der Waals surface area contributed by atoms with Crippen molar-refractivity contribution in [3.63, 3.8) is 0 Å². The molecule has 2 aromatic carbocycles. The van der Waals surface area contributed by atoms with Gasteiger partial charge in [-0.15, -0.1) is 0 Å². The third kappa shape index (κ3) is 2.67. The average Bonchev–Trinajstić information content (AvgIpc) is 2.95. The van der Waals surface area contributed by atoms with Crippen molar-refractivity contribution >= 4 is 16.9 Å². The van der Waals surface area contributed by atoms with Crippen LogP contribution in [0.3, 0.4) is 0 Å². The van der Waals surface area contributed by atoms with Crippen molar-refractivity contribution in [2.45, 2.75) is 6.61 Å². The number of rotatable bonds is 4. The van der Waals surface area contributed by atoms with E-state index in [9.17, 15) is 4.79 Å². The van der Waals surface area contributed by atoms with E-state index in [1.165, 1.54) is 0 Å². The van der Waals surface area contributed by atoms with Crippen LogP contribution in [0.1, 0.15) is 15.9 Å². The average molecular weight is 267 g/mol. The quantitative estimate of drug-likeness (QED) is 0.713. The maximum absolute atomic E-state index is 11.9. The monoisotopic (exact) mass is 267 g/mol. The number of hydroxylamine groups is 1. The number of aromatic amines is 1. The van der Waals surface area contributed by atoms with Gasteiger partial charge in [-0.25, -0.2) is 10.5 Å². The van der Waals surface area contributed by atoms with Gasteiger partial charge in [0.05, 0.1) is 24.0 Å². The number of carbonyl (C=O) groups is 1. The van der Waals surface area contributed by atoms with Crippen molar-refractivity contribution in [2.24, 2.45) is 0 Å². The van der Waals surface area contributed by atoms with Gasteiger partial charge in [-0.2, -0.15) is 0 Å². The minimum Gasteiger partial charge on any atom is -0.345 e. The maximum atomic E-state index is 11.9. The summed E-state index contributed by atoms with van der Waals surface area (Å²) in [6, 6.07) is 14.9. The SMILES string of the molecule is O=C(NOCc1ccccc1)c1ccc2nc[nH]c2c1. The van der Waals surface area contributed by atoms with Gasteiger partial charge >= 0.3 is 0 Å². The Morgan fingerprint density at radius 3 is 2.90 bits per heavy atom. The molecular formula is C15H13N3O2. The van der Waals surface area contributed by atoms with Crippen LogP contribution < -0.4 is 5.48 Å². The Balaban J connectivity index is 1.61. The number of hydrogen-bond acceptors (Lipinski definition) is 3. The van der Waals surface area contributed by atoms with E-state index in [1.54, 1.807) is 24.5 Å². The molecule has 1 amide bonds. The molecule has 0 aliphatic heterocycles. The van der Waals surface area contributed by atoms with Crippen LogP contribution in [-0.2, 0) is 11.4 Å². The van der Waals surface area contributed by atoms with Crippen LogP contribution in [0.25, 0.3) is 11.0 Å². The lowest BCUT2D eigenvalue weighted by molar-refractivity contribution is 0.0233. The van der Waals surface area contributed by atoms with E-state index >= 15 is 0 Å². The largest absolute Gasteiger partial charge is 0.345 e. The molecule has 0 fully saturated rings. The minimum absolute atomic E-state index is 0.280. The van der Waals surface area contributed by atoms with Crippen molar-refractivity contribution in [2.75, 3.05) is 0 Å². The molecule has 5 heteroatoms. The highest BCUT2D eigenvalue weighted by molar-refractivity contribution is 5.96. The standard InChI is InChI=1S/C15H13N3O2/c19-15(18-20-9-11-4-2-1-3-5-11)12-6-7-13-14(8-12)17-10-16-13/h1-8,10H,9H2,(H,16,17)(H,18,19). The summed E-state index contributed by atoms with van der Waals surface area (Å²) in [6.45, 7) is 0.332. The number of carbonyl (C=O) groups excluding carboxylic acids is 1. The molecule has 0 aliphatic carbocycles. The predicted octanol–water partition coefficient (Wildman–Crippen LogP) is 2.42. The number of nitrogens with one attached hydrogen (secondary N) is 2. The molecule has 0 unspecified atom stereocenters. The number of H-pyrrole nitrogens is 1. The number of amides is 1. The molecule has 0 radical (unpaired) electrons. The fourth-order valence-electron chi connectivity index (χ4n) is 1.89. The first kappa shape index (κ1) is 12.4. The predicted molar refractivity (Wildman–Crippen MR) is 74.8 cm³/mol. The fraction of sp³-hybridized carbons (Fsp3) is 0.0667. The number of benzene rings is 2. The molecule has 3 aromatic rings. The number of imidazole rings is 1. The van der Waals surface area contributed by atoms with Gasteiger partial charge in [0.1, 0.15) is 0 Å². The van der Waals surface area contributed by atoms with Gasteiger partial charge in [0.25, 0.3) is 5.91 Å². The number of hydrogen-bond donors (Lipinski definition) is 2. The van der Waals surface area contributed by atoms with Crippen molar-refractivity contribution in [3.8, 4) is 0 Å². The summed E-state index contributed by atoms with van der Waals surface area (Å²) in [6.07, 6.45) is 1.60. The Morgan fingerprint density at radius 2 is 2.05 bits per heavy atom. The Bertz CT molecular complexity index is 722. The molecule has 0 saturated carbocycles. The van der Waals surface area contributed by atoms with Crippen molar-refractivity contribution < 1.29 is 9.63 Å². The van der Waals surface area contributed by atoms with E-state index in [-0.39, 0.29) is 5.91 Å². The van der Waals surface area contributed by atoms with Crippen molar-refractivity contribution in [1.29, 1.82) is 0 Å². The number of aromatic nitrogens is 2. The van der Waals surface area contributed by atoms with E-state index in [2.05, 4.69) is 15.4 Å². The smallest absolute Gasteiger partial charge is 0.274 e. The minimum atomic E-state index is -0.280. The lowest BCUT2D eigenvalue weighted by atomic mass is 10.2. The van der Waals surface area contributed by atoms with Crippen LogP contribution in [0.4, 0.5) is 0 Å². The van der Waals surface area contributed by atoms with E-state index in [4.69, 9.17) is 4.84 Å². The molecule has 5 nitrogen and oxygen atoms in total. The molecule has 100 valence electrons. The zero-order chi connectivity index (χ0) is 13.8. The van der Waals surface area contributed by atoms with Crippen LogP contribution in [0.15, 0.2) is 54.9 Å². The summed E-state index contributed by atoms with van der Waals surface area (Å²) in [5, 5.41) is 0. The van der Waals surface area contributed by atoms with Crippen LogP contribution in [-0.4, -0.2) is 15.9 Å². The highest BCUT2D eigenvalue weighted by Gasteiger charge is 2.07. The summed E-state index contributed by atoms with van der Waals surface area (Å²) in [4.78, 5) is 24.2. The number of fused-ring (bicyclic) bond motifs is 1. The van der Waals surface area contributed by atoms with E-state index in [1.807, 2.05) is 30.3 Å². The molecule has 0 saturated heterocycles. The summed E-state index contributed by atoms with van der Waals surface area (Å²) in [5.41, 5.74) is 5.60. The molecule has 1 aromatic heterocycles. The lowest BCUT2D eigenvalue weighted by Crippen LogP contribution is -2.23. The Labute approximate surface area is 115 Å². The Morgan fingerprint density at radius 1 is 1.20 bits per heavy atom. The first-order valence-electron chi connectivity index (χ1n) is 6.22. The molecule has 0 aliphatic rings. The normalized spacial score (nSPS) is 10.6. The van der Waals surface area contributed by atoms with Gasteiger partial charge in [0.15, 0.2) is 0 Å². The van der Waals surface area contributed by atoms with Crippen LogP contribution in [0.5, 0.6) is 0 Å². The topological polar surface area (TPSA) is 67.0 Å². The highest BCUT2D eigenvalue weighted by Crippen LogP contribution is 2.11. The summed E-state index contributed by atoms with van der Waals surface area (Å²) in [5.74, 6) is -0.280. The molecule has 0 atom stereocenters. The van der Waals surface area contributed by atoms with Gasteiger partial charge in [0.2, 0.25) is 0 Å². The second kappa shape index (κ2) is 5.54. The summed E-state index contributed by atoms with van der Waals surface area (Å²) < 4.78 is 0. The lowest BCUT2D eigenvalue weighted by Gasteiger charge is -2.06.